The number of nitrogens with one attached hydrogen (secondary N) is 1. The van der Waals surface area contributed by atoms with Crippen molar-refractivity contribution in [1.29, 1.82) is 0 Å². The van der Waals surface area contributed by atoms with Crippen LogP contribution in [0.3, 0.4) is 0 Å². The van der Waals surface area contributed by atoms with Gasteiger partial charge in [0.05, 0.1) is 11.4 Å². The lowest BCUT2D eigenvalue weighted by Gasteiger charge is -2.16. The highest BCUT2D eigenvalue weighted by atomic mass is 32.1. The van der Waals surface area contributed by atoms with Gasteiger partial charge in [0.25, 0.3) is 5.91 Å². The molecule has 142 valence electrons. The number of carbonyl (C=O) groups is 1. The van der Waals surface area contributed by atoms with Crippen LogP contribution in [0.2, 0.25) is 0 Å². The summed E-state index contributed by atoms with van der Waals surface area (Å²) in [4.78, 5) is 18.3. The molecule has 0 radical (unpaired) electrons. The van der Waals surface area contributed by atoms with Gasteiger partial charge >= 0.3 is 0 Å². The third kappa shape index (κ3) is 3.64. The number of hydrogen-bond donors (Lipinski definition) is 1. The maximum absolute atomic E-state index is 12.7. The highest BCUT2D eigenvalue weighted by molar-refractivity contribution is 7.15. The van der Waals surface area contributed by atoms with Crippen molar-refractivity contribution in [3.63, 3.8) is 0 Å². The second-order valence-corrected chi connectivity index (χ2v) is 7.63. The van der Waals surface area contributed by atoms with Crippen LogP contribution in [-0.2, 0) is 4.79 Å². The molecule has 0 aliphatic heterocycles. The second kappa shape index (κ2) is 7.48. The van der Waals surface area contributed by atoms with Crippen molar-refractivity contribution in [2.75, 3.05) is 5.32 Å². The Labute approximate surface area is 167 Å². The zero-order valence-corrected chi connectivity index (χ0v) is 16.8. The first-order chi connectivity index (χ1) is 13.5. The zero-order valence-electron chi connectivity index (χ0n) is 16.0. The number of hydrogen-bond acceptors (Lipinski definition) is 4. The fourth-order valence-electron chi connectivity index (χ4n) is 2.95. The van der Waals surface area contributed by atoms with Gasteiger partial charge in [-0.25, -0.2) is 4.98 Å². The molecule has 2 aromatic carbocycles. The Morgan fingerprint density at radius 3 is 2.79 bits per heavy atom. The van der Waals surface area contributed by atoms with E-state index in [1.165, 1.54) is 5.56 Å². The van der Waals surface area contributed by atoms with Crippen molar-refractivity contribution in [3.8, 4) is 17.0 Å². The number of thiazole rings is 1. The molecule has 2 aromatic heterocycles. The highest BCUT2D eigenvalue weighted by Gasteiger charge is 2.18. The molecule has 0 bridgehead atoms. The van der Waals surface area contributed by atoms with E-state index in [0.29, 0.717) is 11.4 Å². The Kier molecular flexibility index (Phi) is 4.88. The summed E-state index contributed by atoms with van der Waals surface area (Å²) in [6.45, 7) is 5.82. The number of ether oxygens (including phenoxy) is 1. The quantitative estimate of drug-likeness (QED) is 0.516. The number of carbonyl (C=O) groups excluding carboxylic acids is 1. The van der Waals surface area contributed by atoms with Crippen molar-refractivity contribution >= 4 is 27.9 Å². The number of para-hydroxylation sites is 1. The van der Waals surface area contributed by atoms with Crippen molar-refractivity contribution < 1.29 is 9.53 Å². The molecule has 4 rings (SSSR count). The van der Waals surface area contributed by atoms with Gasteiger partial charge in [0, 0.05) is 23.3 Å². The topological polar surface area (TPSA) is 55.6 Å². The van der Waals surface area contributed by atoms with Gasteiger partial charge in [-0.2, -0.15) is 0 Å². The van der Waals surface area contributed by atoms with Crippen LogP contribution in [0.15, 0.2) is 60.2 Å². The Morgan fingerprint density at radius 2 is 2.00 bits per heavy atom. The van der Waals surface area contributed by atoms with Crippen molar-refractivity contribution in [3.05, 3.63) is 71.4 Å². The smallest absolute Gasteiger partial charge is 0.265 e. The molecule has 1 unspecified atom stereocenters. The van der Waals surface area contributed by atoms with Crippen LogP contribution in [0, 0.1) is 13.8 Å². The van der Waals surface area contributed by atoms with Gasteiger partial charge in [0.15, 0.2) is 11.1 Å². The first-order valence-electron chi connectivity index (χ1n) is 9.07. The summed E-state index contributed by atoms with van der Waals surface area (Å²) in [5.41, 5.74) is 4.75. The van der Waals surface area contributed by atoms with E-state index in [9.17, 15) is 4.79 Å². The minimum atomic E-state index is -0.624. The summed E-state index contributed by atoms with van der Waals surface area (Å²) in [6, 6.07) is 13.5. The van der Waals surface area contributed by atoms with E-state index >= 15 is 0 Å². The summed E-state index contributed by atoms with van der Waals surface area (Å²) >= 11 is 1.58. The molecule has 1 N–H and O–H groups in total. The molecular weight excluding hydrogens is 370 g/mol. The van der Waals surface area contributed by atoms with Crippen LogP contribution in [0.5, 0.6) is 5.75 Å². The number of anilines is 1. The molecule has 1 atom stereocenters. The number of fused-ring (bicyclic) bond motifs is 1. The zero-order chi connectivity index (χ0) is 19.7. The van der Waals surface area contributed by atoms with Crippen molar-refractivity contribution in [2.45, 2.75) is 26.9 Å². The number of benzene rings is 2. The molecule has 0 saturated heterocycles. The van der Waals surface area contributed by atoms with Gasteiger partial charge in [-0.15, -0.1) is 11.3 Å². The summed E-state index contributed by atoms with van der Waals surface area (Å²) in [5, 5.41) is 4.97. The number of aryl methyl sites for hydroxylation is 2. The molecular formula is C22H21N3O2S. The van der Waals surface area contributed by atoms with Crippen LogP contribution in [0.4, 0.5) is 5.69 Å². The molecule has 6 heteroatoms. The fraction of sp³-hybridized carbons (Fsp3) is 0.182. The van der Waals surface area contributed by atoms with E-state index in [4.69, 9.17) is 4.74 Å². The van der Waals surface area contributed by atoms with Gasteiger partial charge in [-0.05, 0) is 50.1 Å². The standard InChI is InChI=1S/C22H21N3O2S/c1-14-8-9-17(12-15(14)2)27-16(3)21(26)23-19-7-5-4-6-18(19)20-13-25-10-11-28-22(25)24-20/h4-13,16H,1-3H3,(H,23,26). The van der Waals surface area contributed by atoms with Crippen molar-refractivity contribution in [1.82, 2.24) is 9.38 Å². The van der Waals surface area contributed by atoms with Crippen molar-refractivity contribution in [2.24, 2.45) is 0 Å². The number of aromatic nitrogens is 2. The van der Waals surface area contributed by atoms with Crippen LogP contribution < -0.4 is 10.1 Å². The Morgan fingerprint density at radius 1 is 1.18 bits per heavy atom. The van der Waals surface area contributed by atoms with E-state index in [0.717, 1.165) is 21.8 Å². The van der Waals surface area contributed by atoms with E-state index in [2.05, 4.69) is 10.3 Å². The summed E-state index contributed by atoms with van der Waals surface area (Å²) in [5.74, 6) is 0.486. The van der Waals surface area contributed by atoms with Gasteiger partial charge in [-0.3, -0.25) is 9.20 Å². The molecule has 0 fully saturated rings. The van der Waals surface area contributed by atoms with Gasteiger partial charge < -0.3 is 10.1 Å². The van der Waals surface area contributed by atoms with Crippen LogP contribution in [0.1, 0.15) is 18.1 Å². The number of nitrogens with zero attached hydrogens (tertiary/aromatic N) is 2. The van der Waals surface area contributed by atoms with E-state index < -0.39 is 6.10 Å². The second-order valence-electron chi connectivity index (χ2n) is 6.76. The highest BCUT2D eigenvalue weighted by Crippen LogP contribution is 2.28. The third-order valence-corrected chi connectivity index (χ3v) is 5.49. The summed E-state index contributed by atoms with van der Waals surface area (Å²) < 4.78 is 7.81. The first kappa shape index (κ1) is 18.3. The predicted octanol–water partition coefficient (Wildman–Crippen LogP) is 5.09. The number of imidazole rings is 1. The Hall–Kier alpha value is -3.12. The third-order valence-electron chi connectivity index (χ3n) is 4.71. The van der Waals surface area contributed by atoms with Gasteiger partial charge in [0.2, 0.25) is 0 Å². The average Bonchev–Trinajstić information content (AvgIpc) is 3.27. The van der Waals surface area contributed by atoms with Gasteiger partial charge in [-0.1, -0.05) is 24.3 Å². The molecule has 0 saturated carbocycles. The molecule has 0 aliphatic rings. The minimum absolute atomic E-state index is 0.202. The Balaban J connectivity index is 1.52. The normalized spacial score (nSPS) is 12.1. The molecule has 1 amide bonds. The lowest BCUT2D eigenvalue weighted by molar-refractivity contribution is -0.122. The Bertz CT molecular complexity index is 1120. The molecule has 28 heavy (non-hydrogen) atoms. The SMILES string of the molecule is Cc1ccc(OC(C)C(=O)Nc2ccccc2-c2cn3ccsc3n2)cc1C. The number of amides is 1. The lowest BCUT2D eigenvalue weighted by atomic mass is 10.1. The molecule has 0 spiro atoms. The maximum atomic E-state index is 12.7. The molecule has 0 aliphatic carbocycles. The van der Waals surface area contributed by atoms with E-state index in [1.807, 2.05) is 78.5 Å². The molecule has 2 heterocycles. The average molecular weight is 391 g/mol. The summed E-state index contributed by atoms with van der Waals surface area (Å²) in [6.07, 6.45) is 3.31. The van der Waals surface area contributed by atoms with E-state index in [-0.39, 0.29) is 5.91 Å². The fourth-order valence-corrected chi connectivity index (χ4v) is 3.65. The monoisotopic (exact) mass is 391 g/mol. The van der Waals surface area contributed by atoms with Crippen LogP contribution in [-0.4, -0.2) is 21.4 Å². The molecule has 4 aromatic rings. The van der Waals surface area contributed by atoms with E-state index in [1.54, 1.807) is 18.3 Å². The number of rotatable bonds is 5. The lowest BCUT2D eigenvalue weighted by Crippen LogP contribution is -2.30. The minimum Gasteiger partial charge on any atom is -0.481 e. The largest absolute Gasteiger partial charge is 0.481 e. The molecule has 5 nitrogen and oxygen atoms in total. The van der Waals surface area contributed by atoms with Crippen LogP contribution in [0.25, 0.3) is 16.2 Å². The predicted molar refractivity (Wildman–Crippen MR) is 113 cm³/mol. The maximum Gasteiger partial charge on any atom is 0.265 e. The first-order valence-corrected chi connectivity index (χ1v) is 9.95. The summed E-state index contributed by atoms with van der Waals surface area (Å²) in [7, 11) is 0. The van der Waals surface area contributed by atoms with Gasteiger partial charge in [0.1, 0.15) is 5.75 Å². The van der Waals surface area contributed by atoms with Crippen LogP contribution >= 0.6 is 11.3 Å².